The quantitative estimate of drug-likeness (QED) is 0.579. The molecule has 0 amide bonds. The van der Waals surface area contributed by atoms with E-state index in [1.807, 2.05) is 12.3 Å². The second-order valence-electron chi connectivity index (χ2n) is 5.89. The lowest BCUT2D eigenvalue weighted by Gasteiger charge is -2.20. The van der Waals surface area contributed by atoms with Crippen LogP contribution >= 0.6 is 11.6 Å². The molecule has 2 rings (SSSR count). The third-order valence-corrected chi connectivity index (χ3v) is 4.30. The first-order valence-corrected chi connectivity index (χ1v) is 8.15. The van der Waals surface area contributed by atoms with Crippen LogP contribution < -0.4 is 0 Å². The van der Waals surface area contributed by atoms with E-state index in [4.69, 9.17) is 11.6 Å². The monoisotopic (exact) mass is 308 g/mol. The molecule has 0 aliphatic heterocycles. The molecule has 116 valence electrons. The summed E-state index contributed by atoms with van der Waals surface area (Å²) in [6.45, 7) is 8.56. The van der Waals surface area contributed by atoms with Gasteiger partial charge >= 0.3 is 0 Å². The van der Waals surface area contributed by atoms with Crippen molar-refractivity contribution in [1.82, 2.24) is 19.4 Å². The first kappa shape index (κ1) is 16.2. The summed E-state index contributed by atoms with van der Waals surface area (Å²) >= 11 is 6.04. The fraction of sp³-hybridized carbons (Fsp3) is 0.625. The molecule has 0 bridgehead atoms. The van der Waals surface area contributed by atoms with Crippen molar-refractivity contribution in [2.45, 2.75) is 52.1 Å². The van der Waals surface area contributed by atoms with Crippen molar-refractivity contribution in [3.05, 3.63) is 23.7 Å². The van der Waals surface area contributed by atoms with E-state index in [9.17, 15) is 0 Å². The molecule has 0 aliphatic carbocycles. The zero-order valence-corrected chi connectivity index (χ0v) is 14.2. The van der Waals surface area contributed by atoms with E-state index in [-0.39, 0.29) is 0 Å². The number of hydrogen-bond donors (Lipinski definition) is 0. The molecule has 2 aromatic rings. The minimum atomic E-state index is 0.432. The maximum atomic E-state index is 6.04. The molecular weight excluding hydrogens is 284 g/mol. The number of fused-ring (bicyclic) bond motifs is 1. The molecule has 0 aromatic carbocycles. The number of hydrogen-bond acceptors (Lipinski definition) is 3. The minimum absolute atomic E-state index is 0.432. The molecule has 2 aromatic heterocycles. The average Bonchev–Trinajstić information content (AvgIpc) is 2.82. The molecule has 5 heteroatoms. The summed E-state index contributed by atoms with van der Waals surface area (Å²) in [4.78, 5) is 11.5. The predicted molar refractivity (Wildman–Crippen MR) is 88.8 cm³/mol. The van der Waals surface area contributed by atoms with Crippen molar-refractivity contribution in [2.24, 2.45) is 0 Å². The molecular formula is C16H25ClN4. The molecule has 0 radical (unpaired) electrons. The third-order valence-electron chi connectivity index (χ3n) is 4.06. The number of imidazole rings is 1. The lowest BCUT2D eigenvalue weighted by atomic mass is 10.2. The van der Waals surface area contributed by atoms with Gasteiger partial charge in [0.05, 0.1) is 5.88 Å². The summed E-state index contributed by atoms with van der Waals surface area (Å²) in [5, 5.41) is 0. The van der Waals surface area contributed by atoms with Gasteiger partial charge < -0.3 is 9.47 Å². The van der Waals surface area contributed by atoms with Gasteiger partial charge in [-0.1, -0.05) is 0 Å². The molecule has 0 fully saturated rings. The van der Waals surface area contributed by atoms with Gasteiger partial charge in [0, 0.05) is 18.8 Å². The predicted octanol–water partition coefficient (Wildman–Crippen LogP) is 3.60. The Balaban J connectivity index is 2.06. The third kappa shape index (κ3) is 3.74. The molecule has 0 spiro atoms. The lowest BCUT2D eigenvalue weighted by Crippen LogP contribution is -2.27. The van der Waals surface area contributed by atoms with Crippen molar-refractivity contribution >= 4 is 22.8 Å². The van der Waals surface area contributed by atoms with Gasteiger partial charge in [-0.25, -0.2) is 9.97 Å². The Morgan fingerprint density at radius 1 is 1.33 bits per heavy atom. The number of alkyl halides is 1. The zero-order valence-electron chi connectivity index (χ0n) is 13.4. The normalized spacial score (nSPS) is 12.0. The van der Waals surface area contributed by atoms with Crippen molar-refractivity contribution in [3.63, 3.8) is 0 Å². The smallest absolute Gasteiger partial charge is 0.160 e. The fourth-order valence-corrected chi connectivity index (χ4v) is 2.61. The Morgan fingerprint density at radius 3 is 2.76 bits per heavy atom. The Kier molecular flexibility index (Phi) is 5.59. The molecule has 0 saturated heterocycles. The van der Waals surface area contributed by atoms with Gasteiger partial charge in [0.15, 0.2) is 5.65 Å². The molecule has 0 N–H and O–H groups in total. The van der Waals surface area contributed by atoms with Crippen LogP contribution in [0.5, 0.6) is 0 Å². The van der Waals surface area contributed by atoms with Gasteiger partial charge in [0.25, 0.3) is 0 Å². The molecule has 0 unspecified atom stereocenters. The van der Waals surface area contributed by atoms with Crippen LogP contribution in [0, 0.1) is 6.92 Å². The SMILES string of the molecule is Cc1ccnc2c1nc(CCl)n2CCCCN(C)C(C)C. The minimum Gasteiger partial charge on any atom is -0.312 e. The van der Waals surface area contributed by atoms with E-state index in [1.165, 1.54) is 6.42 Å². The van der Waals surface area contributed by atoms with Gasteiger partial charge in [-0.2, -0.15) is 0 Å². The Labute approximate surface area is 132 Å². The Hall–Kier alpha value is -1.13. The van der Waals surface area contributed by atoms with Crippen LogP contribution in [0.25, 0.3) is 11.2 Å². The summed E-state index contributed by atoms with van der Waals surface area (Å²) in [6, 6.07) is 2.59. The average molecular weight is 309 g/mol. The standard InChI is InChI=1S/C16H25ClN4/c1-12(2)20(4)9-5-6-10-21-14(11-17)19-15-13(3)7-8-18-16(15)21/h7-8,12H,5-6,9-11H2,1-4H3. The zero-order chi connectivity index (χ0) is 15.4. The number of unbranched alkanes of at least 4 members (excludes halogenated alkanes) is 1. The summed E-state index contributed by atoms with van der Waals surface area (Å²) in [7, 11) is 2.17. The van der Waals surface area contributed by atoms with E-state index in [2.05, 4.69) is 47.3 Å². The van der Waals surface area contributed by atoms with Crippen LogP contribution in [-0.2, 0) is 12.4 Å². The second kappa shape index (κ2) is 7.23. The van der Waals surface area contributed by atoms with Crippen LogP contribution in [0.1, 0.15) is 38.1 Å². The van der Waals surface area contributed by atoms with Crippen molar-refractivity contribution in [3.8, 4) is 0 Å². The molecule has 0 atom stereocenters. The summed E-state index contributed by atoms with van der Waals surface area (Å²) in [5.74, 6) is 1.35. The van der Waals surface area contributed by atoms with Gasteiger partial charge in [0.1, 0.15) is 11.3 Å². The molecule has 21 heavy (non-hydrogen) atoms. The van der Waals surface area contributed by atoms with Crippen LogP contribution in [0.15, 0.2) is 12.3 Å². The van der Waals surface area contributed by atoms with E-state index in [1.54, 1.807) is 0 Å². The summed E-state index contributed by atoms with van der Waals surface area (Å²) in [5.41, 5.74) is 3.10. The Morgan fingerprint density at radius 2 is 2.10 bits per heavy atom. The van der Waals surface area contributed by atoms with E-state index < -0.39 is 0 Å². The van der Waals surface area contributed by atoms with Crippen molar-refractivity contribution < 1.29 is 0 Å². The maximum Gasteiger partial charge on any atom is 0.160 e. The van der Waals surface area contributed by atoms with Gasteiger partial charge in [-0.3, -0.25) is 0 Å². The number of halogens is 1. The number of aromatic nitrogens is 3. The van der Waals surface area contributed by atoms with Gasteiger partial charge in [-0.15, -0.1) is 11.6 Å². The van der Waals surface area contributed by atoms with E-state index in [0.717, 1.165) is 42.1 Å². The second-order valence-corrected chi connectivity index (χ2v) is 6.16. The first-order valence-electron chi connectivity index (χ1n) is 7.61. The van der Waals surface area contributed by atoms with Gasteiger partial charge in [-0.05, 0) is 58.8 Å². The summed E-state index contributed by atoms with van der Waals surface area (Å²) < 4.78 is 2.17. The van der Waals surface area contributed by atoms with E-state index >= 15 is 0 Å². The largest absolute Gasteiger partial charge is 0.312 e. The number of rotatable bonds is 7. The number of pyridine rings is 1. The fourth-order valence-electron chi connectivity index (χ4n) is 2.41. The van der Waals surface area contributed by atoms with Crippen LogP contribution in [0.4, 0.5) is 0 Å². The van der Waals surface area contributed by atoms with Crippen molar-refractivity contribution in [1.29, 1.82) is 0 Å². The maximum absolute atomic E-state index is 6.04. The molecule has 2 heterocycles. The molecule has 4 nitrogen and oxygen atoms in total. The molecule has 0 saturated carbocycles. The summed E-state index contributed by atoms with van der Waals surface area (Å²) in [6.07, 6.45) is 4.13. The van der Waals surface area contributed by atoms with Crippen LogP contribution in [0.3, 0.4) is 0 Å². The highest BCUT2D eigenvalue weighted by molar-refractivity contribution is 6.16. The van der Waals surface area contributed by atoms with Crippen LogP contribution in [-0.4, -0.2) is 39.1 Å². The van der Waals surface area contributed by atoms with Gasteiger partial charge in [0.2, 0.25) is 0 Å². The highest BCUT2D eigenvalue weighted by Gasteiger charge is 2.12. The lowest BCUT2D eigenvalue weighted by molar-refractivity contribution is 0.266. The topological polar surface area (TPSA) is 34.0 Å². The number of aryl methyl sites for hydroxylation is 2. The molecule has 0 aliphatic rings. The number of nitrogens with zero attached hydrogens (tertiary/aromatic N) is 4. The van der Waals surface area contributed by atoms with Crippen molar-refractivity contribution in [2.75, 3.05) is 13.6 Å². The Bertz CT molecular complexity index is 591. The first-order chi connectivity index (χ1) is 10.0. The highest BCUT2D eigenvalue weighted by atomic mass is 35.5. The highest BCUT2D eigenvalue weighted by Crippen LogP contribution is 2.19. The van der Waals surface area contributed by atoms with E-state index in [0.29, 0.717) is 11.9 Å². The van der Waals surface area contributed by atoms with Crippen LogP contribution in [0.2, 0.25) is 0 Å².